The summed E-state index contributed by atoms with van der Waals surface area (Å²) in [5, 5.41) is 2.74. The van der Waals surface area contributed by atoms with Gasteiger partial charge in [-0.05, 0) is 24.5 Å². The van der Waals surface area contributed by atoms with Crippen molar-refractivity contribution in [3.8, 4) is 0 Å². The lowest BCUT2D eigenvalue weighted by molar-refractivity contribution is -0.147. The van der Waals surface area contributed by atoms with Gasteiger partial charge in [-0.3, -0.25) is 9.59 Å². The molecule has 0 aliphatic heterocycles. The molecular formula is C13H16N2O3. The van der Waals surface area contributed by atoms with Crippen molar-refractivity contribution in [3.05, 3.63) is 29.8 Å². The minimum atomic E-state index is -0.446. The molecule has 1 saturated carbocycles. The first-order valence-corrected chi connectivity index (χ1v) is 5.93. The van der Waals surface area contributed by atoms with Crippen molar-refractivity contribution in [2.24, 2.45) is 0 Å². The summed E-state index contributed by atoms with van der Waals surface area (Å²) >= 11 is 0. The Morgan fingerprint density at radius 1 is 1.33 bits per heavy atom. The Kier molecular flexibility index (Phi) is 3.82. The van der Waals surface area contributed by atoms with Crippen LogP contribution in [0.4, 0.5) is 5.69 Å². The highest BCUT2D eigenvalue weighted by Gasteiger charge is 2.23. The number of benzene rings is 1. The summed E-state index contributed by atoms with van der Waals surface area (Å²) in [5.41, 5.74) is 6.98. The summed E-state index contributed by atoms with van der Waals surface area (Å²) < 4.78 is 4.88. The maximum absolute atomic E-state index is 11.5. The predicted octanol–water partition coefficient (Wildman–Crippen LogP) is 0.633. The molecule has 5 nitrogen and oxygen atoms in total. The van der Waals surface area contributed by atoms with E-state index in [0.29, 0.717) is 11.3 Å². The number of nitrogens with two attached hydrogens (primary N) is 1. The molecule has 0 aromatic heterocycles. The number of ether oxygens (including phenoxy) is 1. The standard InChI is InChI=1S/C13H16N2O3/c14-11-4-2-1-3-9(11)7-13(17)18-8-12(16)15-10-5-6-10/h1-4,10H,5-8,14H2,(H,15,16). The van der Waals surface area contributed by atoms with Crippen molar-refractivity contribution in [3.63, 3.8) is 0 Å². The molecular weight excluding hydrogens is 232 g/mol. The quantitative estimate of drug-likeness (QED) is 0.591. The molecule has 2 rings (SSSR count). The van der Waals surface area contributed by atoms with Crippen molar-refractivity contribution < 1.29 is 14.3 Å². The molecule has 18 heavy (non-hydrogen) atoms. The summed E-state index contributed by atoms with van der Waals surface area (Å²) in [6, 6.07) is 7.37. The summed E-state index contributed by atoms with van der Waals surface area (Å²) in [5.74, 6) is -0.689. The number of nitrogen functional groups attached to an aromatic ring is 1. The lowest BCUT2D eigenvalue weighted by Gasteiger charge is -2.07. The second-order valence-electron chi connectivity index (χ2n) is 4.38. The fraction of sp³-hybridized carbons (Fsp3) is 0.385. The molecule has 5 heteroatoms. The van der Waals surface area contributed by atoms with Crippen molar-refractivity contribution in [1.29, 1.82) is 0 Å². The van der Waals surface area contributed by atoms with E-state index < -0.39 is 5.97 Å². The zero-order valence-electron chi connectivity index (χ0n) is 10.0. The van der Waals surface area contributed by atoms with Crippen LogP contribution in [-0.4, -0.2) is 24.5 Å². The van der Waals surface area contributed by atoms with E-state index in [2.05, 4.69) is 5.32 Å². The molecule has 1 amide bonds. The van der Waals surface area contributed by atoms with Gasteiger partial charge in [0.1, 0.15) is 0 Å². The van der Waals surface area contributed by atoms with Gasteiger partial charge in [0.25, 0.3) is 5.91 Å². The Morgan fingerprint density at radius 3 is 2.72 bits per heavy atom. The summed E-state index contributed by atoms with van der Waals surface area (Å²) in [4.78, 5) is 22.8. The smallest absolute Gasteiger partial charge is 0.310 e. The number of esters is 1. The molecule has 3 N–H and O–H groups in total. The van der Waals surface area contributed by atoms with E-state index >= 15 is 0 Å². The van der Waals surface area contributed by atoms with Crippen LogP contribution in [0.3, 0.4) is 0 Å². The number of nitrogens with one attached hydrogen (secondary N) is 1. The molecule has 1 aliphatic carbocycles. The van der Waals surface area contributed by atoms with E-state index in [-0.39, 0.29) is 25.0 Å². The number of para-hydroxylation sites is 1. The second-order valence-corrected chi connectivity index (χ2v) is 4.38. The Labute approximate surface area is 105 Å². The Balaban J connectivity index is 1.74. The minimum absolute atomic E-state index is 0.0867. The zero-order valence-corrected chi connectivity index (χ0v) is 10.0. The Bertz CT molecular complexity index is 455. The minimum Gasteiger partial charge on any atom is -0.455 e. The summed E-state index contributed by atoms with van der Waals surface area (Å²) in [7, 11) is 0. The van der Waals surface area contributed by atoms with Gasteiger partial charge in [-0.1, -0.05) is 18.2 Å². The predicted molar refractivity (Wildman–Crippen MR) is 66.7 cm³/mol. The first kappa shape index (κ1) is 12.4. The molecule has 1 fully saturated rings. The molecule has 96 valence electrons. The number of carbonyl (C=O) groups is 2. The van der Waals surface area contributed by atoms with Crippen LogP contribution in [0.1, 0.15) is 18.4 Å². The second kappa shape index (κ2) is 5.53. The molecule has 1 aromatic carbocycles. The molecule has 0 spiro atoms. The van der Waals surface area contributed by atoms with Crippen LogP contribution in [0.15, 0.2) is 24.3 Å². The van der Waals surface area contributed by atoms with Gasteiger partial charge in [-0.15, -0.1) is 0 Å². The van der Waals surface area contributed by atoms with E-state index in [0.717, 1.165) is 12.8 Å². The monoisotopic (exact) mass is 248 g/mol. The first-order chi connectivity index (χ1) is 8.65. The summed E-state index contributed by atoms with van der Waals surface area (Å²) in [6.07, 6.45) is 2.11. The van der Waals surface area contributed by atoms with E-state index in [1.165, 1.54) is 0 Å². The average molecular weight is 248 g/mol. The van der Waals surface area contributed by atoms with Crippen LogP contribution < -0.4 is 11.1 Å². The average Bonchev–Trinajstić information content (AvgIpc) is 3.13. The van der Waals surface area contributed by atoms with E-state index in [4.69, 9.17) is 10.5 Å². The van der Waals surface area contributed by atoms with E-state index in [9.17, 15) is 9.59 Å². The molecule has 0 atom stereocenters. The number of carbonyl (C=O) groups excluding carboxylic acids is 2. The summed E-state index contributed by atoms with van der Waals surface area (Å²) in [6.45, 7) is -0.220. The number of rotatable bonds is 5. The lowest BCUT2D eigenvalue weighted by atomic mass is 10.1. The third-order valence-corrected chi connectivity index (χ3v) is 2.70. The van der Waals surface area contributed by atoms with Crippen LogP contribution in [0.25, 0.3) is 0 Å². The zero-order chi connectivity index (χ0) is 13.0. The Hall–Kier alpha value is -2.04. The lowest BCUT2D eigenvalue weighted by Crippen LogP contribution is -2.30. The molecule has 1 aromatic rings. The third kappa shape index (κ3) is 3.76. The largest absolute Gasteiger partial charge is 0.455 e. The highest BCUT2D eigenvalue weighted by Crippen LogP contribution is 2.18. The highest BCUT2D eigenvalue weighted by atomic mass is 16.5. The van der Waals surface area contributed by atoms with Crippen LogP contribution in [-0.2, 0) is 20.7 Å². The van der Waals surface area contributed by atoms with Crippen LogP contribution in [0.2, 0.25) is 0 Å². The molecule has 0 bridgehead atoms. The van der Waals surface area contributed by atoms with Gasteiger partial charge in [0, 0.05) is 11.7 Å². The first-order valence-electron chi connectivity index (χ1n) is 5.93. The fourth-order valence-electron chi connectivity index (χ4n) is 1.54. The van der Waals surface area contributed by atoms with Crippen molar-refractivity contribution >= 4 is 17.6 Å². The number of amides is 1. The number of anilines is 1. The molecule has 0 unspecified atom stereocenters. The number of hydrogen-bond donors (Lipinski definition) is 2. The maximum atomic E-state index is 11.5. The molecule has 0 heterocycles. The van der Waals surface area contributed by atoms with Crippen LogP contribution in [0, 0.1) is 0 Å². The van der Waals surface area contributed by atoms with Crippen molar-refractivity contribution in [1.82, 2.24) is 5.32 Å². The van der Waals surface area contributed by atoms with Crippen LogP contribution >= 0.6 is 0 Å². The molecule has 0 saturated heterocycles. The van der Waals surface area contributed by atoms with Crippen molar-refractivity contribution in [2.45, 2.75) is 25.3 Å². The van der Waals surface area contributed by atoms with E-state index in [1.54, 1.807) is 24.3 Å². The fourth-order valence-corrected chi connectivity index (χ4v) is 1.54. The van der Waals surface area contributed by atoms with Gasteiger partial charge < -0.3 is 15.8 Å². The Morgan fingerprint density at radius 2 is 2.06 bits per heavy atom. The van der Waals surface area contributed by atoms with Crippen LogP contribution in [0.5, 0.6) is 0 Å². The van der Waals surface area contributed by atoms with Gasteiger partial charge in [0.05, 0.1) is 6.42 Å². The van der Waals surface area contributed by atoms with Crippen molar-refractivity contribution in [2.75, 3.05) is 12.3 Å². The van der Waals surface area contributed by atoms with E-state index in [1.807, 2.05) is 0 Å². The normalized spacial score (nSPS) is 14.0. The van der Waals surface area contributed by atoms with Gasteiger partial charge in [0.2, 0.25) is 0 Å². The highest BCUT2D eigenvalue weighted by molar-refractivity contribution is 5.82. The van der Waals surface area contributed by atoms with Gasteiger partial charge >= 0.3 is 5.97 Å². The SMILES string of the molecule is Nc1ccccc1CC(=O)OCC(=O)NC1CC1. The van der Waals surface area contributed by atoms with Gasteiger partial charge in [-0.2, -0.15) is 0 Å². The topological polar surface area (TPSA) is 81.4 Å². The molecule has 1 aliphatic rings. The third-order valence-electron chi connectivity index (χ3n) is 2.70. The molecule has 0 radical (unpaired) electrons. The number of hydrogen-bond acceptors (Lipinski definition) is 4. The maximum Gasteiger partial charge on any atom is 0.310 e. The van der Waals surface area contributed by atoms with Gasteiger partial charge in [-0.25, -0.2) is 0 Å². The van der Waals surface area contributed by atoms with Gasteiger partial charge in [0.15, 0.2) is 6.61 Å².